The van der Waals surface area contributed by atoms with E-state index in [0.717, 1.165) is 54.0 Å². The van der Waals surface area contributed by atoms with Crippen LogP contribution >= 0.6 is 0 Å². The van der Waals surface area contributed by atoms with E-state index in [-0.39, 0.29) is 11.7 Å². The van der Waals surface area contributed by atoms with Gasteiger partial charge in [-0.2, -0.15) is 0 Å². The fourth-order valence-electron chi connectivity index (χ4n) is 3.56. The van der Waals surface area contributed by atoms with Crippen molar-refractivity contribution in [3.05, 3.63) is 46.5 Å². The second kappa shape index (κ2) is 8.93. The summed E-state index contributed by atoms with van der Waals surface area (Å²) in [6.45, 7) is 7.89. The number of benzene rings is 1. The molecule has 0 saturated carbocycles. The van der Waals surface area contributed by atoms with Gasteiger partial charge in [0.25, 0.3) is 0 Å². The van der Waals surface area contributed by atoms with E-state index in [4.69, 9.17) is 4.74 Å². The van der Waals surface area contributed by atoms with Gasteiger partial charge in [-0.25, -0.2) is 9.78 Å². The van der Waals surface area contributed by atoms with Crippen molar-refractivity contribution in [1.82, 2.24) is 19.9 Å². The Labute approximate surface area is 165 Å². The summed E-state index contributed by atoms with van der Waals surface area (Å²) in [6, 6.07) is 8.02. The highest BCUT2D eigenvalue weighted by Crippen LogP contribution is 2.26. The Hall–Kier alpha value is -2.80. The van der Waals surface area contributed by atoms with Crippen LogP contribution in [0.4, 0.5) is 11.5 Å². The van der Waals surface area contributed by atoms with Crippen LogP contribution in [0.2, 0.25) is 0 Å². The van der Waals surface area contributed by atoms with Gasteiger partial charge in [-0.3, -0.25) is 4.57 Å². The minimum absolute atomic E-state index is 0.0634. The Morgan fingerprint density at radius 2 is 1.96 bits per heavy atom. The number of hydrogen-bond donors (Lipinski definition) is 3. The average molecular weight is 383 g/mol. The maximum Gasteiger partial charge on any atom is 0.326 e. The largest absolute Gasteiger partial charge is 0.497 e. The number of aryl methyl sites for hydroxylation is 1. The molecule has 0 atom stereocenters. The maximum absolute atomic E-state index is 12.5. The summed E-state index contributed by atoms with van der Waals surface area (Å²) in [6.07, 6.45) is 3.63. The third kappa shape index (κ3) is 4.04. The second-order valence-corrected chi connectivity index (χ2v) is 6.67. The van der Waals surface area contributed by atoms with E-state index >= 15 is 0 Å². The van der Waals surface area contributed by atoms with Gasteiger partial charge in [-0.15, -0.1) is 0 Å². The molecule has 7 heteroatoms. The second-order valence-electron chi connectivity index (χ2n) is 6.67. The van der Waals surface area contributed by atoms with Gasteiger partial charge in [0.1, 0.15) is 11.6 Å². The molecule has 4 rings (SSSR count). The Kier molecular flexibility index (Phi) is 6.36. The molecule has 7 nitrogen and oxygen atoms in total. The van der Waals surface area contributed by atoms with Gasteiger partial charge in [0.05, 0.1) is 24.3 Å². The molecule has 1 aliphatic heterocycles. The number of fused-ring (bicyclic) bond motifs is 1. The molecular formula is C21H29N5O2. The van der Waals surface area contributed by atoms with Crippen molar-refractivity contribution in [3.63, 3.8) is 0 Å². The van der Waals surface area contributed by atoms with Crippen LogP contribution in [0, 0.1) is 6.92 Å². The summed E-state index contributed by atoms with van der Waals surface area (Å²) in [7, 11) is 1.66. The molecule has 0 aliphatic carbocycles. The van der Waals surface area contributed by atoms with E-state index in [1.807, 2.05) is 49.6 Å². The van der Waals surface area contributed by atoms with Crippen LogP contribution in [-0.4, -0.2) is 34.7 Å². The summed E-state index contributed by atoms with van der Waals surface area (Å²) in [5.41, 5.74) is 3.63. The van der Waals surface area contributed by atoms with Crippen LogP contribution in [-0.2, 0) is 0 Å². The number of aromatic amines is 1. The first kappa shape index (κ1) is 19.9. The molecule has 0 bridgehead atoms. The fourth-order valence-corrected chi connectivity index (χ4v) is 3.56. The number of piperidine rings is 1. The molecule has 3 N–H and O–H groups in total. The number of nitrogens with zero attached hydrogens (tertiary/aromatic N) is 2. The van der Waals surface area contributed by atoms with Gasteiger partial charge < -0.3 is 20.4 Å². The van der Waals surface area contributed by atoms with Crippen molar-refractivity contribution in [3.8, 4) is 5.75 Å². The molecule has 0 radical (unpaired) electrons. The first-order valence-electron chi connectivity index (χ1n) is 9.88. The number of anilines is 2. The zero-order valence-corrected chi connectivity index (χ0v) is 17.0. The van der Waals surface area contributed by atoms with Crippen molar-refractivity contribution in [2.24, 2.45) is 0 Å². The molecule has 28 heavy (non-hydrogen) atoms. The number of hydrogen-bond acceptors (Lipinski definition) is 5. The highest BCUT2D eigenvalue weighted by molar-refractivity contribution is 5.78. The summed E-state index contributed by atoms with van der Waals surface area (Å²) >= 11 is 0. The van der Waals surface area contributed by atoms with E-state index in [2.05, 4.69) is 20.6 Å². The van der Waals surface area contributed by atoms with Crippen molar-refractivity contribution < 1.29 is 4.74 Å². The third-order valence-corrected chi connectivity index (χ3v) is 4.97. The van der Waals surface area contributed by atoms with E-state index < -0.39 is 0 Å². The first-order chi connectivity index (χ1) is 13.7. The SMILES string of the molecule is CC.COc1ccc(Nc2cc3c(cn2)[nH]c(=O)n3C2CCNCC2)c(C)c1. The average Bonchev–Trinajstić information content (AvgIpc) is 3.06. The fraction of sp³-hybridized carbons (Fsp3) is 0.429. The maximum atomic E-state index is 12.5. The van der Waals surface area contributed by atoms with Crippen LogP contribution in [0.5, 0.6) is 5.75 Å². The molecular weight excluding hydrogens is 354 g/mol. The lowest BCUT2D eigenvalue weighted by molar-refractivity contribution is 0.368. The summed E-state index contributed by atoms with van der Waals surface area (Å²) in [4.78, 5) is 19.8. The van der Waals surface area contributed by atoms with Gasteiger partial charge in [0, 0.05) is 17.8 Å². The Bertz CT molecular complexity index is 986. The number of H-pyrrole nitrogens is 1. The van der Waals surface area contributed by atoms with E-state index in [0.29, 0.717) is 5.82 Å². The van der Waals surface area contributed by atoms with Crippen LogP contribution in [0.3, 0.4) is 0 Å². The van der Waals surface area contributed by atoms with Crippen LogP contribution in [0.1, 0.15) is 38.3 Å². The number of imidazole rings is 1. The Morgan fingerprint density at radius 1 is 1.21 bits per heavy atom. The van der Waals surface area contributed by atoms with Crippen molar-refractivity contribution in [2.75, 3.05) is 25.5 Å². The third-order valence-electron chi connectivity index (χ3n) is 4.97. The number of rotatable bonds is 4. The molecule has 0 unspecified atom stereocenters. The van der Waals surface area contributed by atoms with Crippen molar-refractivity contribution >= 4 is 22.5 Å². The minimum Gasteiger partial charge on any atom is -0.497 e. The molecule has 1 saturated heterocycles. The van der Waals surface area contributed by atoms with Gasteiger partial charge in [0.2, 0.25) is 0 Å². The lowest BCUT2D eigenvalue weighted by atomic mass is 10.1. The Morgan fingerprint density at radius 3 is 2.64 bits per heavy atom. The molecule has 1 aromatic carbocycles. The number of pyridine rings is 1. The monoisotopic (exact) mass is 383 g/mol. The number of nitrogens with one attached hydrogen (secondary N) is 3. The predicted molar refractivity (Wildman–Crippen MR) is 114 cm³/mol. The van der Waals surface area contributed by atoms with E-state index in [1.54, 1.807) is 13.3 Å². The molecule has 0 spiro atoms. The molecule has 1 aliphatic rings. The quantitative estimate of drug-likeness (QED) is 0.639. The van der Waals surface area contributed by atoms with E-state index in [9.17, 15) is 4.79 Å². The number of ether oxygens (including phenoxy) is 1. The zero-order valence-electron chi connectivity index (χ0n) is 17.0. The molecule has 1 fully saturated rings. The number of aromatic nitrogens is 3. The normalized spacial score (nSPS) is 14.4. The van der Waals surface area contributed by atoms with Gasteiger partial charge in [0.15, 0.2) is 0 Å². The predicted octanol–water partition coefficient (Wildman–Crippen LogP) is 3.74. The Balaban J connectivity index is 0.00000109. The van der Waals surface area contributed by atoms with E-state index in [1.165, 1.54) is 0 Å². The van der Waals surface area contributed by atoms with Gasteiger partial charge in [-0.1, -0.05) is 13.8 Å². The van der Waals surface area contributed by atoms with Crippen LogP contribution < -0.4 is 21.1 Å². The summed E-state index contributed by atoms with van der Waals surface area (Å²) in [5.74, 6) is 1.54. The highest BCUT2D eigenvalue weighted by Gasteiger charge is 2.20. The van der Waals surface area contributed by atoms with Gasteiger partial charge in [-0.05, 0) is 56.6 Å². The zero-order chi connectivity index (χ0) is 20.1. The molecule has 3 aromatic rings. The lowest BCUT2D eigenvalue weighted by Crippen LogP contribution is -2.33. The molecule has 0 amide bonds. The summed E-state index contributed by atoms with van der Waals surface area (Å²) < 4.78 is 7.13. The van der Waals surface area contributed by atoms with Gasteiger partial charge >= 0.3 is 5.69 Å². The van der Waals surface area contributed by atoms with Crippen LogP contribution in [0.25, 0.3) is 11.0 Å². The van der Waals surface area contributed by atoms with Crippen LogP contribution in [0.15, 0.2) is 35.3 Å². The lowest BCUT2D eigenvalue weighted by Gasteiger charge is -2.23. The summed E-state index contributed by atoms with van der Waals surface area (Å²) in [5, 5.41) is 6.69. The molecule has 150 valence electrons. The number of methoxy groups -OCH3 is 1. The van der Waals surface area contributed by atoms with Crippen molar-refractivity contribution in [1.29, 1.82) is 0 Å². The van der Waals surface area contributed by atoms with Crippen molar-refractivity contribution in [2.45, 2.75) is 39.7 Å². The molecule has 2 aromatic heterocycles. The highest BCUT2D eigenvalue weighted by atomic mass is 16.5. The first-order valence-corrected chi connectivity index (χ1v) is 9.88. The smallest absolute Gasteiger partial charge is 0.326 e. The standard InChI is InChI=1S/C19H23N5O2.C2H6/c1-12-9-14(26-2)3-4-15(12)22-18-10-17-16(11-21-18)23-19(25)24(17)13-5-7-20-8-6-13;1-2/h3-4,9-11,13,20H,5-8H2,1-2H3,(H,21,22)(H,23,25);1-2H3. The topological polar surface area (TPSA) is 84.0 Å². The minimum atomic E-state index is -0.0634. The molecule has 3 heterocycles.